The number of aryl methyl sites for hydroxylation is 1. The number of fused-ring (bicyclic) bond motifs is 1. The lowest BCUT2D eigenvalue weighted by atomic mass is 10.1. The van der Waals surface area contributed by atoms with E-state index in [0.717, 1.165) is 28.7 Å². The topological polar surface area (TPSA) is 57.0 Å². The van der Waals surface area contributed by atoms with Crippen molar-refractivity contribution >= 4 is 28.5 Å². The van der Waals surface area contributed by atoms with E-state index in [9.17, 15) is 4.79 Å². The van der Waals surface area contributed by atoms with E-state index >= 15 is 0 Å². The molecule has 0 fully saturated rings. The number of hydrogen-bond acceptors (Lipinski definition) is 4. The van der Waals surface area contributed by atoms with Gasteiger partial charge < -0.3 is 9.30 Å². The fourth-order valence-corrected chi connectivity index (χ4v) is 2.69. The van der Waals surface area contributed by atoms with Crippen molar-refractivity contribution in [2.45, 2.75) is 19.9 Å². The van der Waals surface area contributed by atoms with Crippen molar-refractivity contribution in [3.63, 3.8) is 0 Å². The first-order chi connectivity index (χ1) is 11.1. The number of rotatable bonds is 4. The Balaban J connectivity index is 1.95. The van der Waals surface area contributed by atoms with Crippen molar-refractivity contribution in [3.8, 4) is 0 Å². The zero-order valence-electron chi connectivity index (χ0n) is 12.9. The molecule has 0 amide bonds. The van der Waals surface area contributed by atoms with Crippen molar-refractivity contribution < 1.29 is 9.53 Å². The number of imidazole rings is 1. The molecule has 0 spiro atoms. The molecule has 23 heavy (non-hydrogen) atoms. The lowest BCUT2D eigenvalue weighted by Crippen LogP contribution is -2.03. The molecule has 2 heterocycles. The molecule has 3 aromatic rings. The third-order valence-electron chi connectivity index (χ3n) is 3.64. The quantitative estimate of drug-likeness (QED) is 0.688. The first-order valence-corrected chi connectivity index (χ1v) is 7.67. The molecular formula is C17H16ClN3O2. The highest BCUT2D eigenvalue weighted by molar-refractivity contribution is 6.31. The number of benzene rings is 1. The average Bonchev–Trinajstić information content (AvgIpc) is 2.96. The molecule has 0 saturated carbocycles. The van der Waals surface area contributed by atoms with Crippen LogP contribution in [0.4, 0.5) is 0 Å². The molecular weight excluding hydrogens is 314 g/mol. The largest absolute Gasteiger partial charge is 0.464 e. The summed E-state index contributed by atoms with van der Waals surface area (Å²) in [6, 6.07) is 7.92. The molecule has 118 valence electrons. The van der Waals surface area contributed by atoms with Gasteiger partial charge in [-0.2, -0.15) is 0 Å². The van der Waals surface area contributed by atoms with Gasteiger partial charge in [0, 0.05) is 30.7 Å². The SMILES string of the molecule is CCc1nc(C(=O)OC)cn1Cc1ccc2ncc(Cl)cc2c1. The highest BCUT2D eigenvalue weighted by atomic mass is 35.5. The fourth-order valence-electron chi connectivity index (χ4n) is 2.53. The van der Waals surface area contributed by atoms with E-state index in [-0.39, 0.29) is 0 Å². The van der Waals surface area contributed by atoms with Crippen LogP contribution in [0.2, 0.25) is 5.02 Å². The second-order valence-corrected chi connectivity index (χ2v) is 5.63. The highest BCUT2D eigenvalue weighted by Crippen LogP contribution is 2.19. The molecule has 0 atom stereocenters. The number of esters is 1. The minimum Gasteiger partial charge on any atom is -0.464 e. The Morgan fingerprint density at radius 1 is 1.35 bits per heavy atom. The smallest absolute Gasteiger partial charge is 0.358 e. The van der Waals surface area contributed by atoms with Gasteiger partial charge in [-0.05, 0) is 23.8 Å². The lowest BCUT2D eigenvalue weighted by Gasteiger charge is -2.07. The van der Waals surface area contributed by atoms with E-state index in [1.54, 1.807) is 12.4 Å². The predicted octanol–water partition coefficient (Wildman–Crippen LogP) is 3.48. The van der Waals surface area contributed by atoms with Gasteiger partial charge in [0.25, 0.3) is 0 Å². The van der Waals surface area contributed by atoms with Crippen molar-refractivity contribution in [1.82, 2.24) is 14.5 Å². The summed E-state index contributed by atoms with van der Waals surface area (Å²) < 4.78 is 6.70. The van der Waals surface area contributed by atoms with Crippen LogP contribution in [0, 0.1) is 0 Å². The maximum Gasteiger partial charge on any atom is 0.358 e. The molecule has 2 aromatic heterocycles. The predicted molar refractivity (Wildman–Crippen MR) is 88.8 cm³/mol. The molecule has 0 radical (unpaired) electrons. The van der Waals surface area contributed by atoms with Gasteiger partial charge in [0.1, 0.15) is 5.82 Å². The summed E-state index contributed by atoms with van der Waals surface area (Å²) in [4.78, 5) is 20.3. The third-order valence-corrected chi connectivity index (χ3v) is 3.84. The van der Waals surface area contributed by atoms with Crippen LogP contribution in [-0.4, -0.2) is 27.6 Å². The number of methoxy groups -OCH3 is 1. The number of aromatic nitrogens is 3. The van der Waals surface area contributed by atoms with Crippen LogP contribution in [0.1, 0.15) is 28.8 Å². The molecule has 0 aliphatic heterocycles. The summed E-state index contributed by atoms with van der Waals surface area (Å²) in [5, 5.41) is 1.60. The van der Waals surface area contributed by atoms with Crippen molar-refractivity contribution in [2.24, 2.45) is 0 Å². The minimum atomic E-state index is -0.423. The Kier molecular flexibility index (Phi) is 4.30. The summed E-state index contributed by atoms with van der Waals surface area (Å²) in [5.74, 6) is 0.419. The van der Waals surface area contributed by atoms with Gasteiger partial charge in [0.15, 0.2) is 5.69 Å². The number of pyridine rings is 1. The van der Waals surface area contributed by atoms with Gasteiger partial charge in [-0.1, -0.05) is 24.6 Å². The lowest BCUT2D eigenvalue weighted by molar-refractivity contribution is 0.0594. The van der Waals surface area contributed by atoms with Crippen LogP contribution in [0.5, 0.6) is 0 Å². The molecule has 0 unspecified atom stereocenters. The minimum absolute atomic E-state index is 0.329. The Bertz CT molecular complexity index is 873. The molecule has 0 saturated heterocycles. The van der Waals surface area contributed by atoms with Crippen LogP contribution in [0.25, 0.3) is 10.9 Å². The van der Waals surface area contributed by atoms with Gasteiger partial charge >= 0.3 is 5.97 Å². The number of ether oxygens (including phenoxy) is 1. The number of hydrogen-bond donors (Lipinski definition) is 0. The number of carbonyl (C=O) groups excluding carboxylic acids is 1. The Morgan fingerprint density at radius 3 is 2.91 bits per heavy atom. The van der Waals surface area contributed by atoms with Gasteiger partial charge in [-0.25, -0.2) is 9.78 Å². The van der Waals surface area contributed by atoms with Crippen LogP contribution in [-0.2, 0) is 17.7 Å². The van der Waals surface area contributed by atoms with E-state index in [1.807, 2.05) is 35.8 Å². The van der Waals surface area contributed by atoms with Gasteiger partial charge in [-0.3, -0.25) is 4.98 Å². The molecule has 0 bridgehead atoms. The van der Waals surface area contributed by atoms with Crippen LogP contribution in [0.15, 0.2) is 36.7 Å². The van der Waals surface area contributed by atoms with Crippen molar-refractivity contribution in [1.29, 1.82) is 0 Å². The van der Waals surface area contributed by atoms with E-state index < -0.39 is 5.97 Å². The third kappa shape index (κ3) is 3.19. The van der Waals surface area contributed by atoms with Crippen LogP contribution in [0.3, 0.4) is 0 Å². The molecule has 0 N–H and O–H groups in total. The molecule has 5 nitrogen and oxygen atoms in total. The van der Waals surface area contributed by atoms with Gasteiger partial charge in [-0.15, -0.1) is 0 Å². The Labute approximate surface area is 138 Å². The normalized spacial score (nSPS) is 10.9. The molecule has 0 aliphatic carbocycles. The van der Waals surface area contributed by atoms with E-state index in [0.29, 0.717) is 17.3 Å². The average molecular weight is 330 g/mol. The fraction of sp³-hybridized carbons (Fsp3) is 0.235. The van der Waals surface area contributed by atoms with E-state index in [2.05, 4.69) is 9.97 Å². The molecule has 1 aromatic carbocycles. The maximum atomic E-state index is 11.6. The highest BCUT2D eigenvalue weighted by Gasteiger charge is 2.14. The van der Waals surface area contributed by atoms with Gasteiger partial charge in [0.2, 0.25) is 0 Å². The number of nitrogens with zero attached hydrogens (tertiary/aromatic N) is 3. The maximum absolute atomic E-state index is 11.6. The standard InChI is InChI=1S/C17H16ClN3O2/c1-3-16-20-15(17(22)23-2)10-21(16)9-11-4-5-14-12(6-11)7-13(18)8-19-14/h4-8,10H,3,9H2,1-2H3. The van der Waals surface area contributed by atoms with Crippen LogP contribution < -0.4 is 0 Å². The van der Waals surface area contributed by atoms with Crippen molar-refractivity contribution in [2.75, 3.05) is 7.11 Å². The molecule has 3 rings (SSSR count). The number of halogens is 1. The Hall–Kier alpha value is -2.40. The molecule has 6 heteroatoms. The summed E-state index contributed by atoms with van der Waals surface area (Å²) in [5.41, 5.74) is 2.31. The van der Waals surface area contributed by atoms with E-state index in [4.69, 9.17) is 16.3 Å². The monoisotopic (exact) mass is 329 g/mol. The zero-order valence-corrected chi connectivity index (χ0v) is 13.7. The van der Waals surface area contributed by atoms with Crippen LogP contribution >= 0.6 is 11.6 Å². The molecule has 0 aliphatic rings. The van der Waals surface area contributed by atoms with Crippen molar-refractivity contribution in [3.05, 3.63) is 58.8 Å². The Morgan fingerprint density at radius 2 is 2.17 bits per heavy atom. The van der Waals surface area contributed by atoms with Gasteiger partial charge in [0.05, 0.1) is 17.6 Å². The first kappa shape index (κ1) is 15.5. The zero-order chi connectivity index (χ0) is 16.4. The van der Waals surface area contributed by atoms with E-state index in [1.165, 1.54) is 7.11 Å². The summed E-state index contributed by atoms with van der Waals surface area (Å²) >= 11 is 6.00. The summed E-state index contributed by atoms with van der Waals surface area (Å²) in [6.45, 7) is 2.62. The summed E-state index contributed by atoms with van der Waals surface area (Å²) in [7, 11) is 1.35. The first-order valence-electron chi connectivity index (χ1n) is 7.29. The summed E-state index contributed by atoms with van der Waals surface area (Å²) in [6.07, 6.45) is 4.10. The second-order valence-electron chi connectivity index (χ2n) is 5.20. The number of carbonyl (C=O) groups is 1. The second kappa shape index (κ2) is 6.38.